The maximum Gasteiger partial charge on any atom is 0.409 e. The van der Waals surface area contributed by atoms with Gasteiger partial charge in [-0.25, -0.2) is 19.6 Å². The molecule has 0 aliphatic carbocycles. The van der Waals surface area contributed by atoms with Crippen molar-refractivity contribution in [2.75, 3.05) is 63.9 Å². The number of nitrogens with two attached hydrogens (primary N) is 1. The Balaban J connectivity index is 1.48. The number of amides is 5. The highest BCUT2D eigenvalue weighted by molar-refractivity contribution is 5.95. The predicted molar refractivity (Wildman–Crippen MR) is 168 cm³/mol. The average molecular weight is 639 g/mol. The molecule has 46 heavy (non-hydrogen) atoms. The third-order valence-corrected chi connectivity index (χ3v) is 7.97. The lowest BCUT2D eigenvalue weighted by molar-refractivity contribution is -0.138. The first-order chi connectivity index (χ1) is 22.2. The Bertz CT molecular complexity index is 1380. The van der Waals surface area contributed by atoms with Crippen molar-refractivity contribution in [1.82, 2.24) is 30.0 Å². The van der Waals surface area contributed by atoms with Crippen LogP contribution in [0.3, 0.4) is 0 Å². The standard InChI is InChI=1S/C31H42N8O7/c1-2-3-7-20-46-31(45)39-18-14-37(15-19-39)29(43)23(10-11-26(40)41)34-28(42)27-33-24(22-8-5-4-6-9-22)21-25(35-27)36-12-16-38(17-13-36)30(32)44/h4-6,8-9,21,23H,2-3,7,10-20H2,1H3,(H2,32,44)(H,34,42)(H,40,41)/t23-/m0/s1. The summed E-state index contributed by atoms with van der Waals surface area (Å²) in [4.78, 5) is 78.2. The summed E-state index contributed by atoms with van der Waals surface area (Å²) in [6.45, 7) is 4.99. The van der Waals surface area contributed by atoms with Gasteiger partial charge in [-0.2, -0.15) is 0 Å². The van der Waals surface area contributed by atoms with Gasteiger partial charge >= 0.3 is 18.1 Å². The zero-order chi connectivity index (χ0) is 33.1. The SMILES string of the molecule is CCCCCOC(=O)N1CCN(C(=O)[C@H](CCC(=O)O)NC(=O)c2nc(-c3ccccc3)cc(N3CCN(C(N)=O)CC3)n2)CC1. The number of anilines is 1. The number of hydrogen-bond acceptors (Lipinski definition) is 9. The van der Waals surface area contributed by atoms with Crippen LogP contribution in [0.15, 0.2) is 36.4 Å². The highest BCUT2D eigenvalue weighted by Crippen LogP contribution is 2.23. The van der Waals surface area contributed by atoms with Crippen molar-refractivity contribution in [2.45, 2.75) is 45.1 Å². The zero-order valence-electron chi connectivity index (χ0n) is 26.1. The monoisotopic (exact) mass is 638 g/mol. The molecule has 0 bridgehead atoms. The molecule has 248 valence electrons. The molecule has 2 saturated heterocycles. The fraction of sp³-hybridized carbons (Fsp3) is 0.516. The van der Waals surface area contributed by atoms with E-state index in [0.717, 1.165) is 24.8 Å². The molecule has 15 heteroatoms. The summed E-state index contributed by atoms with van der Waals surface area (Å²) in [6, 6.07) is 9.34. The van der Waals surface area contributed by atoms with Crippen molar-refractivity contribution in [2.24, 2.45) is 5.73 Å². The number of carbonyl (C=O) groups is 5. The summed E-state index contributed by atoms with van der Waals surface area (Å²) < 4.78 is 5.33. The zero-order valence-corrected chi connectivity index (χ0v) is 26.1. The number of piperazine rings is 2. The number of carboxylic acid groups (broad SMARTS) is 1. The van der Waals surface area contributed by atoms with Gasteiger partial charge in [-0.15, -0.1) is 0 Å². The third kappa shape index (κ3) is 9.28. The van der Waals surface area contributed by atoms with Crippen molar-refractivity contribution in [3.05, 3.63) is 42.2 Å². The number of primary amides is 1. The van der Waals surface area contributed by atoms with Crippen molar-refractivity contribution >= 4 is 35.7 Å². The molecule has 4 N–H and O–H groups in total. The Kier molecular flexibility index (Phi) is 12.1. The largest absolute Gasteiger partial charge is 0.481 e. The number of ether oxygens (including phenoxy) is 1. The number of benzene rings is 1. The van der Waals surface area contributed by atoms with E-state index in [-0.39, 0.29) is 44.8 Å². The van der Waals surface area contributed by atoms with Crippen LogP contribution in [0.1, 0.15) is 49.6 Å². The van der Waals surface area contributed by atoms with Gasteiger partial charge in [0.1, 0.15) is 11.9 Å². The number of nitrogens with one attached hydrogen (secondary N) is 1. The van der Waals surface area contributed by atoms with Crippen LogP contribution < -0.4 is 16.0 Å². The highest BCUT2D eigenvalue weighted by Gasteiger charge is 2.32. The number of urea groups is 1. The van der Waals surface area contributed by atoms with Crippen LogP contribution in [0, 0.1) is 0 Å². The van der Waals surface area contributed by atoms with Crippen molar-refractivity contribution in [1.29, 1.82) is 0 Å². The molecule has 2 aromatic rings. The first kappa shape index (κ1) is 33.9. The van der Waals surface area contributed by atoms with E-state index in [1.54, 1.807) is 6.07 Å². The number of unbranched alkanes of at least 4 members (excludes halogenated alkanes) is 2. The Morgan fingerprint density at radius 3 is 2.20 bits per heavy atom. The molecule has 2 aliphatic rings. The second-order valence-corrected chi connectivity index (χ2v) is 11.2. The van der Waals surface area contributed by atoms with Crippen LogP contribution in [0.25, 0.3) is 11.3 Å². The smallest absolute Gasteiger partial charge is 0.409 e. The van der Waals surface area contributed by atoms with Gasteiger partial charge in [0.15, 0.2) is 0 Å². The lowest BCUT2D eigenvalue weighted by atomic mass is 10.1. The van der Waals surface area contributed by atoms with E-state index in [0.29, 0.717) is 44.3 Å². The minimum atomic E-state index is -1.15. The van der Waals surface area contributed by atoms with Crippen LogP contribution >= 0.6 is 0 Å². The van der Waals surface area contributed by atoms with E-state index in [1.807, 2.05) is 35.2 Å². The molecule has 1 atom stereocenters. The van der Waals surface area contributed by atoms with E-state index in [2.05, 4.69) is 22.2 Å². The Morgan fingerprint density at radius 2 is 1.57 bits per heavy atom. The van der Waals surface area contributed by atoms with Gasteiger partial charge in [0.05, 0.1) is 12.3 Å². The molecule has 1 aromatic heterocycles. The van der Waals surface area contributed by atoms with Gasteiger partial charge in [-0.05, 0) is 12.8 Å². The van der Waals surface area contributed by atoms with E-state index in [1.165, 1.54) is 14.7 Å². The number of carboxylic acids is 1. The molecule has 3 heterocycles. The predicted octanol–water partition coefficient (Wildman–Crippen LogP) is 1.78. The summed E-state index contributed by atoms with van der Waals surface area (Å²) in [6.07, 6.45) is 1.86. The molecular formula is C31H42N8O7. The molecule has 5 amide bonds. The van der Waals surface area contributed by atoms with Crippen LogP contribution in [0.4, 0.5) is 15.4 Å². The van der Waals surface area contributed by atoms with E-state index in [4.69, 9.17) is 10.5 Å². The molecule has 0 radical (unpaired) electrons. The Labute approximate surface area is 267 Å². The Morgan fingerprint density at radius 1 is 0.913 bits per heavy atom. The van der Waals surface area contributed by atoms with Crippen LogP contribution in [0.2, 0.25) is 0 Å². The minimum absolute atomic E-state index is 0.139. The Hall–Kier alpha value is -4.95. The van der Waals surface area contributed by atoms with Gasteiger partial charge in [-0.3, -0.25) is 14.4 Å². The van der Waals surface area contributed by atoms with Crippen LogP contribution in [-0.4, -0.2) is 125 Å². The van der Waals surface area contributed by atoms with Crippen molar-refractivity contribution in [3.63, 3.8) is 0 Å². The molecule has 2 fully saturated rings. The maximum absolute atomic E-state index is 13.6. The van der Waals surface area contributed by atoms with Crippen molar-refractivity contribution < 1.29 is 33.8 Å². The second kappa shape index (κ2) is 16.4. The average Bonchev–Trinajstić information content (AvgIpc) is 3.08. The molecule has 1 aromatic carbocycles. The van der Waals surface area contributed by atoms with Gasteiger partial charge in [0.2, 0.25) is 11.7 Å². The first-order valence-corrected chi connectivity index (χ1v) is 15.6. The fourth-order valence-corrected chi connectivity index (χ4v) is 5.29. The number of rotatable bonds is 12. The van der Waals surface area contributed by atoms with Gasteiger partial charge in [0.25, 0.3) is 5.91 Å². The number of aliphatic carboxylic acids is 1. The maximum atomic E-state index is 13.6. The fourth-order valence-electron chi connectivity index (χ4n) is 5.29. The molecule has 0 spiro atoms. The lowest BCUT2D eigenvalue weighted by Crippen LogP contribution is -2.56. The quantitative estimate of drug-likeness (QED) is 0.289. The minimum Gasteiger partial charge on any atom is -0.481 e. The van der Waals surface area contributed by atoms with Gasteiger partial charge < -0.3 is 40.5 Å². The van der Waals surface area contributed by atoms with E-state index >= 15 is 0 Å². The van der Waals surface area contributed by atoms with Crippen LogP contribution in [0.5, 0.6) is 0 Å². The lowest BCUT2D eigenvalue weighted by Gasteiger charge is -2.36. The van der Waals surface area contributed by atoms with Gasteiger partial charge in [-0.1, -0.05) is 50.1 Å². The number of aromatic nitrogens is 2. The molecule has 4 rings (SSSR count). The summed E-state index contributed by atoms with van der Waals surface area (Å²) in [7, 11) is 0. The summed E-state index contributed by atoms with van der Waals surface area (Å²) >= 11 is 0. The molecule has 0 saturated carbocycles. The van der Waals surface area contributed by atoms with E-state index < -0.39 is 35.9 Å². The first-order valence-electron chi connectivity index (χ1n) is 15.6. The van der Waals surface area contributed by atoms with E-state index in [9.17, 15) is 29.1 Å². The summed E-state index contributed by atoms with van der Waals surface area (Å²) in [5.74, 6) is -2.01. The van der Waals surface area contributed by atoms with Crippen molar-refractivity contribution in [3.8, 4) is 11.3 Å². The third-order valence-electron chi connectivity index (χ3n) is 7.97. The summed E-state index contributed by atoms with van der Waals surface area (Å²) in [5.41, 5.74) is 6.66. The highest BCUT2D eigenvalue weighted by atomic mass is 16.6. The molecule has 2 aliphatic heterocycles. The van der Waals surface area contributed by atoms with Crippen LogP contribution in [-0.2, 0) is 14.3 Å². The molecular weight excluding hydrogens is 596 g/mol. The number of hydrogen-bond donors (Lipinski definition) is 3. The normalized spacial score (nSPS) is 15.7. The summed E-state index contributed by atoms with van der Waals surface area (Å²) in [5, 5.41) is 12.0. The topological polar surface area (TPSA) is 192 Å². The second-order valence-electron chi connectivity index (χ2n) is 11.2. The molecule has 15 nitrogen and oxygen atoms in total. The molecule has 0 unspecified atom stereocenters. The number of carbonyl (C=O) groups excluding carboxylic acids is 4. The van der Waals surface area contributed by atoms with Gasteiger partial charge in [0, 0.05) is 70.4 Å². The number of nitrogens with zero attached hydrogens (tertiary/aromatic N) is 6.